The Kier molecular flexibility index (Phi) is 3.57. The molecule has 0 aliphatic carbocycles. The molecule has 2 aromatic rings. The van der Waals surface area contributed by atoms with Crippen molar-refractivity contribution in [1.82, 2.24) is 0 Å². The quantitative estimate of drug-likeness (QED) is 0.611. The second-order valence-electron chi connectivity index (χ2n) is 3.69. The van der Waals surface area contributed by atoms with Crippen molar-refractivity contribution in [2.24, 2.45) is 5.73 Å². The number of nitrogens with two attached hydrogens (primary N) is 1. The molecule has 0 bridgehead atoms. The number of amidine groups is 1. The summed E-state index contributed by atoms with van der Waals surface area (Å²) in [5.41, 5.74) is 7.12. The minimum Gasteiger partial charge on any atom is -0.467 e. The fraction of sp³-hybridized carbons (Fsp3) is 0.154. The van der Waals surface area contributed by atoms with Gasteiger partial charge in [-0.2, -0.15) is 0 Å². The van der Waals surface area contributed by atoms with Crippen LogP contribution in [-0.4, -0.2) is 5.84 Å². The highest BCUT2D eigenvalue weighted by Crippen LogP contribution is 2.08. The number of furan rings is 1. The van der Waals surface area contributed by atoms with Gasteiger partial charge in [-0.15, -0.1) is 0 Å². The Morgan fingerprint density at radius 1 is 1.24 bits per heavy atom. The van der Waals surface area contributed by atoms with Gasteiger partial charge in [0.1, 0.15) is 18.2 Å². The van der Waals surface area contributed by atoms with Gasteiger partial charge < -0.3 is 14.9 Å². The van der Waals surface area contributed by atoms with Crippen LogP contribution < -0.4 is 5.73 Å². The zero-order valence-corrected chi connectivity index (χ0v) is 9.35. The third-order valence-electron chi connectivity index (χ3n) is 2.33. The van der Waals surface area contributed by atoms with Crippen LogP contribution in [0.2, 0.25) is 0 Å². The molecule has 0 amide bonds. The molecule has 0 saturated heterocycles. The summed E-state index contributed by atoms with van der Waals surface area (Å²) in [5.74, 6) is 0.866. The van der Waals surface area contributed by atoms with E-state index >= 15 is 0 Å². The van der Waals surface area contributed by atoms with E-state index in [1.807, 2.05) is 30.3 Å². The van der Waals surface area contributed by atoms with E-state index in [0.29, 0.717) is 18.8 Å². The zero-order valence-electron chi connectivity index (χ0n) is 9.35. The molecular weight excluding hydrogens is 216 g/mol. The number of rotatable bonds is 5. The van der Waals surface area contributed by atoms with Crippen molar-refractivity contribution < 1.29 is 9.15 Å². The summed E-state index contributed by atoms with van der Waals surface area (Å²) in [6, 6.07) is 11.2. The second-order valence-corrected chi connectivity index (χ2v) is 3.69. The number of benzene rings is 1. The maximum Gasteiger partial charge on any atom is 0.129 e. The van der Waals surface area contributed by atoms with E-state index in [-0.39, 0.29) is 5.84 Å². The highest BCUT2D eigenvalue weighted by atomic mass is 16.5. The summed E-state index contributed by atoms with van der Waals surface area (Å²) in [6.07, 6.45) is 1.62. The van der Waals surface area contributed by atoms with Crippen molar-refractivity contribution in [2.45, 2.75) is 13.2 Å². The van der Waals surface area contributed by atoms with E-state index in [9.17, 15) is 0 Å². The van der Waals surface area contributed by atoms with Gasteiger partial charge >= 0.3 is 0 Å². The Morgan fingerprint density at radius 3 is 2.82 bits per heavy atom. The van der Waals surface area contributed by atoms with Crippen LogP contribution in [0, 0.1) is 5.41 Å². The number of nitrogen functional groups attached to an aromatic ring is 1. The normalized spacial score (nSPS) is 10.4. The Bertz CT molecular complexity index is 492. The molecule has 0 saturated carbocycles. The Balaban J connectivity index is 1.90. The van der Waals surface area contributed by atoms with Crippen molar-refractivity contribution in [3.8, 4) is 0 Å². The zero-order chi connectivity index (χ0) is 12.1. The first-order valence-corrected chi connectivity index (χ1v) is 5.29. The van der Waals surface area contributed by atoms with Crippen LogP contribution in [0.25, 0.3) is 0 Å². The van der Waals surface area contributed by atoms with Crippen LogP contribution in [0.5, 0.6) is 0 Å². The van der Waals surface area contributed by atoms with Gasteiger partial charge in [0.25, 0.3) is 0 Å². The number of hydrogen-bond donors (Lipinski definition) is 2. The third-order valence-corrected chi connectivity index (χ3v) is 2.33. The van der Waals surface area contributed by atoms with Gasteiger partial charge in [0.05, 0.1) is 12.9 Å². The summed E-state index contributed by atoms with van der Waals surface area (Å²) in [5, 5.41) is 7.34. The fourth-order valence-electron chi connectivity index (χ4n) is 1.49. The molecule has 1 aromatic heterocycles. The van der Waals surface area contributed by atoms with Crippen LogP contribution in [0.4, 0.5) is 0 Å². The van der Waals surface area contributed by atoms with Gasteiger partial charge in [-0.25, -0.2) is 0 Å². The molecule has 1 aromatic carbocycles. The van der Waals surface area contributed by atoms with Crippen LogP contribution in [0.3, 0.4) is 0 Å². The number of hydrogen-bond acceptors (Lipinski definition) is 3. The lowest BCUT2D eigenvalue weighted by molar-refractivity contribution is 0.0929. The first-order chi connectivity index (χ1) is 8.25. The molecule has 0 aliphatic heterocycles. The maximum absolute atomic E-state index is 7.34. The van der Waals surface area contributed by atoms with Gasteiger partial charge in [0.2, 0.25) is 0 Å². The van der Waals surface area contributed by atoms with Gasteiger partial charge in [-0.05, 0) is 23.8 Å². The van der Waals surface area contributed by atoms with E-state index in [2.05, 4.69) is 0 Å². The Morgan fingerprint density at radius 2 is 2.12 bits per heavy atom. The Labute approximate surface area is 99.5 Å². The van der Waals surface area contributed by atoms with Crippen LogP contribution >= 0.6 is 0 Å². The van der Waals surface area contributed by atoms with Crippen LogP contribution in [0.1, 0.15) is 16.9 Å². The van der Waals surface area contributed by atoms with E-state index in [0.717, 1.165) is 11.3 Å². The predicted molar refractivity (Wildman–Crippen MR) is 64.7 cm³/mol. The molecule has 0 radical (unpaired) electrons. The lowest BCUT2D eigenvalue weighted by Crippen LogP contribution is -2.11. The van der Waals surface area contributed by atoms with Gasteiger partial charge in [0.15, 0.2) is 0 Å². The van der Waals surface area contributed by atoms with Gasteiger partial charge in [-0.1, -0.05) is 18.2 Å². The second kappa shape index (κ2) is 5.32. The molecule has 4 nitrogen and oxygen atoms in total. The Hall–Kier alpha value is -2.07. The van der Waals surface area contributed by atoms with Crippen molar-refractivity contribution in [1.29, 1.82) is 5.41 Å². The van der Waals surface area contributed by atoms with Crippen LogP contribution in [0.15, 0.2) is 47.1 Å². The van der Waals surface area contributed by atoms with Crippen molar-refractivity contribution in [3.05, 3.63) is 59.5 Å². The average Bonchev–Trinajstić information content (AvgIpc) is 2.82. The molecule has 0 atom stereocenters. The van der Waals surface area contributed by atoms with Crippen molar-refractivity contribution in [2.75, 3.05) is 0 Å². The topological polar surface area (TPSA) is 72.2 Å². The minimum absolute atomic E-state index is 0.0675. The molecule has 0 unspecified atom stereocenters. The molecule has 3 N–H and O–H groups in total. The number of nitrogens with one attached hydrogen (secondary N) is 1. The van der Waals surface area contributed by atoms with Crippen molar-refractivity contribution >= 4 is 5.84 Å². The SMILES string of the molecule is N=C(N)c1cccc(COCc2ccco2)c1. The largest absolute Gasteiger partial charge is 0.467 e. The van der Waals surface area contributed by atoms with Gasteiger partial charge in [0, 0.05) is 5.56 Å². The molecule has 0 fully saturated rings. The van der Waals surface area contributed by atoms with E-state index < -0.39 is 0 Å². The smallest absolute Gasteiger partial charge is 0.129 e. The van der Waals surface area contributed by atoms with E-state index in [1.165, 1.54) is 0 Å². The molecule has 88 valence electrons. The van der Waals surface area contributed by atoms with Crippen molar-refractivity contribution in [3.63, 3.8) is 0 Å². The number of ether oxygens (including phenoxy) is 1. The maximum atomic E-state index is 7.34. The van der Waals surface area contributed by atoms with E-state index in [1.54, 1.807) is 12.3 Å². The highest BCUT2D eigenvalue weighted by molar-refractivity contribution is 5.95. The first-order valence-electron chi connectivity index (χ1n) is 5.29. The monoisotopic (exact) mass is 230 g/mol. The molecule has 2 rings (SSSR count). The summed E-state index contributed by atoms with van der Waals surface area (Å²) in [4.78, 5) is 0. The molecular formula is C13H14N2O2. The molecule has 4 heteroatoms. The summed E-state index contributed by atoms with van der Waals surface area (Å²) < 4.78 is 10.6. The summed E-state index contributed by atoms with van der Waals surface area (Å²) >= 11 is 0. The minimum atomic E-state index is 0.0675. The lowest BCUT2D eigenvalue weighted by atomic mass is 10.1. The summed E-state index contributed by atoms with van der Waals surface area (Å²) in [6.45, 7) is 0.916. The third kappa shape index (κ3) is 3.19. The molecule has 0 aliphatic rings. The molecule has 0 spiro atoms. The highest BCUT2D eigenvalue weighted by Gasteiger charge is 2.00. The molecule has 1 heterocycles. The fourth-order valence-corrected chi connectivity index (χ4v) is 1.49. The van der Waals surface area contributed by atoms with Gasteiger partial charge in [-0.3, -0.25) is 5.41 Å². The predicted octanol–water partition coefficient (Wildman–Crippen LogP) is 2.28. The molecule has 17 heavy (non-hydrogen) atoms. The van der Waals surface area contributed by atoms with Crippen LogP contribution in [-0.2, 0) is 18.0 Å². The first kappa shape index (κ1) is 11.4. The summed E-state index contributed by atoms with van der Waals surface area (Å²) in [7, 11) is 0. The van der Waals surface area contributed by atoms with E-state index in [4.69, 9.17) is 20.3 Å². The average molecular weight is 230 g/mol. The lowest BCUT2D eigenvalue weighted by Gasteiger charge is -2.04. The standard InChI is InChI=1S/C13H14N2O2/c14-13(15)11-4-1-3-10(7-11)8-16-9-12-5-2-6-17-12/h1-7H,8-9H2,(H3,14,15).